The molecule has 0 aromatic carbocycles. The number of amides is 2. The Morgan fingerprint density at radius 1 is 1.17 bits per heavy atom. The van der Waals surface area contributed by atoms with Gasteiger partial charge in [-0.2, -0.15) is 0 Å². The average molecular weight is 675 g/mol. The normalized spacial score (nSPS) is 18.7. The van der Waals surface area contributed by atoms with E-state index < -0.39 is 31.7 Å². The zero-order valence-electron chi connectivity index (χ0n) is 29.8. The van der Waals surface area contributed by atoms with Gasteiger partial charge in [0.25, 0.3) is 5.91 Å². The second kappa shape index (κ2) is 18.3. The van der Waals surface area contributed by atoms with Crippen molar-refractivity contribution >= 4 is 37.7 Å². The summed E-state index contributed by atoms with van der Waals surface area (Å²) in [6.45, 7) is 22.4. The van der Waals surface area contributed by atoms with E-state index in [1.807, 2.05) is 59.8 Å². The summed E-state index contributed by atoms with van der Waals surface area (Å²) >= 11 is 6.09. The summed E-state index contributed by atoms with van der Waals surface area (Å²) in [7, 11) is -0.567. The van der Waals surface area contributed by atoms with Crippen LogP contribution in [0.5, 0.6) is 0 Å². The predicted octanol–water partition coefficient (Wildman–Crippen LogP) is 7.45. The largest absolute Gasteiger partial charge is 0.490 e. The second-order valence-corrected chi connectivity index (χ2v) is 19.6. The van der Waals surface area contributed by atoms with Crippen LogP contribution < -0.4 is 10.6 Å². The van der Waals surface area contributed by atoms with E-state index in [0.717, 1.165) is 5.57 Å². The fourth-order valence-corrected chi connectivity index (χ4v) is 5.73. The zero-order chi connectivity index (χ0) is 35.3. The summed E-state index contributed by atoms with van der Waals surface area (Å²) < 4.78 is 17.0. The van der Waals surface area contributed by atoms with E-state index in [1.54, 1.807) is 24.4 Å². The van der Waals surface area contributed by atoms with Gasteiger partial charge in [-0.1, -0.05) is 95.9 Å². The lowest BCUT2D eigenvalue weighted by Gasteiger charge is -2.39. The van der Waals surface area contributed by atoms with Crippen molar-refractivity contribution in [1.29, 1.82) is 0 Å². The molecule has 0 saturated carbocycles. The van der Waals surface area contributed by atoms with Crippen molar-refractivity contribution in [1.82, 2.24) is 10.6 Å². The monoisotopic (exact) mass is 674 g/mol. The first kappa shape index (κ1) is 41.0. The highest BCUT2D eigenvalue weighted by Gasteiger charge is 2.39. The van der Waals surface area contributed by atoms with Gasteiger partial charge in [-0.15, -0.1) is 0 Å². The standard InChI is InChI=1S/C36H55ClN2O6Si/c1-25(24-26(2)29-21-22-30(43-10)34(42)44-29)16-13-14-18-31(40)39-32(35(4,5)6)33(41)38-23-15-17-28(20-19-27(3)37)45-46(11,12)36(7,8)9/h13,15-16,19,22-24,26,28-29,32H,17,20-21H2,1-12H3,(H,38,41)(H,39,40)/t26-,28+,29-,32+/m0/s1. The Morgan fingerprint density at radius 3 is 2.37 bits per heavy atom. The van der Waals surface area contributed by atoms with Crippen LogP contribution in [-0.2, 0) is 28.3 Å². The Hall–Kier alpha value is -3.06. The Balaban J connectivity index is 2.81. The Morgan fingerprint density at radius 2 is 1.83 bits per heavy atom. The molecule has 1 aliphatic rings. The topological polar surface area (TPSA) is 103 Å². The van der Waals surface area contributed by atoms with Gasteiger partial charge in [-0.3, -0.25) is 9.59 Å². The molecule has 8 nitrogen and oxygen atoms in total. The number of nitrogens with one attached hydrogen (secondary N) is 2. The van der Waals surface area contributed by atoms with Crippen molar-refractivity contribution in [2.45, 2.75) is 118 Å². The van der Waals surface area contributed by atoms with Crippen LogP contribution in [0, 0.1) is 23.2 Å². The minimum absolute atomic E-state index is 0.0260. The number of hydrogen-bond donors (Lipinski definition) is 2. The molecule has 0 unspecified atom stereocenters. The molecule has 10 heteroatoms. The van der Waals surface area contributed by atoms with Crippen molar-refractivity contribution < 1.29 is 28.3 Å². The van der Waals surface area contributed by atoms with E-state index in [1.165, 1.54) is 7.11 Å². The van der Waals surface area contributed by atoms with Gasteiger partial charge in [0.2, 0.25) is 5.91 Å². The fraction of sp³-hybridized carbons (Fsp3) is 0.583. The van der Waals surface area contributed by atoms with E-state index >= 15 is 0 Å². The number of carbonyl (C=O) groups excluding carboxylic acids is 3. The van der Waals surface area contributed by atoms with Crippen molar-refractivity contribution in [2.75, 3.05) is 7.11 Å². The van der Waals surface area contributed by atoms with Gasteiger partial charge in [0.15, 0.2) is 14.1 Å². The van der Waals surface area contributed by atoms with Crippen LogP contribution in [0.25, 0.3) is 0 Å². The van der Waals surface area contributed by atoms with Crippen LogP contribution in [-0.4, -0.2) is 51.5 Å². The molecule has 0 bridgehead atoms. The molecule has 0 radical (unpaired) electrons. The average Bonchev–Trinajstić information content (AvgIpc) is 2.93. The first-order valence-electron chi connectivity index (χ1n) is 15.8. The van der Waals surface area contributed by atoms with Crippen molar-refractivity contribution in [3.63, 3.8) is 0 Å². The van der Waals surface area contributed by atoms with Crippen LogP contribution in [0.4, 0.5) is 0 Å². The van der Waals surface area contributed by atoms with Gasteiger partial charge in [0, 0.05) is 17.4 Å². The maximum absolute atomic E-state index is 13.1. The number of rotatable bonds is 13. The molecule has 4 atom stereocenters. The molecule has 0 aromatic rings. The fourth-order valence-electron chi connectivity index (χ4n) is 4.26. The van der Waals surface area contributed by atoms with Crippen LogP contribution >= 0.6 is 11.6 Å². The van der Waals surface area contributed by atoms with E-state index in [-0.39, 0.29) is 34.8 Å². The summed E-state index contributed by atoms with van der Waals surface area (Å²) in [5.41, 5.74) is 0.350. The quantitative estimate of drug-likeness (QED) is 0.0911. The molecule has 256 valence electrons. The molecule has 0 saturated heterocycles. The molecular formula is C36H55ClN2O6Si. The highest BCUT2D eigenvalue weighted by Crippen LogP contribution is 2.38. The third kappa shape index (κ3) is 14.6. The van der Waals surface area contributed by atoms with Gasteiger partial charge in [-0.25, -0.2) is 4.79 Å². The number of methoxy groups -OCH3 is 1. The first-order chi connectivity index (χ1) is 21.2. The number of cyclic esters (lactones) is 1. The highest BCUT2D eigenvalue weighted by molar-refractivity contribution is 6.74. The number of halogens is 1. The molecule has 1 heterocycles. The van der Waals surface area contributed by atoms with E-state index in [2.05, 4.69) is 56.3 Å². The minimum atomic E-state index is -2.01. The molecule has 1 rings (SSSR count). The lowest BCUT2D eigenvalue weighted by molar-refractivity contribution is -0.151. The summed E-state index contributed by atoms with van der Waals surface area (Å²) in [6, 6.07) is -0.808. The van der Waals surface area contributed by atoms with Crippen LogP contribution in [0.15, 0.2) is 59.0 Å². The predicted molar refractivity (Wildman–Crippen MR) is 189 cm³/mol. The second-order valence-electron chi connectivity index (χ2n) is 14.3. The van der Waals surface area contributed by atoms with E-state index in [4.69, 9.17) is 25.5 Å². The maximum atomic E-state index is 13.1. The molecule has 46 heavy (non-hydrogen) atoms. The van der Waals surface area contributed by atoms with Crippen LogP contribution in [0.2, 0.25) is 18.1 Å². The van der Waals surface area contributed by atoms with Gasteiger partial charge >= 0.3 is 5.97 Å². The number of esters is 1. The molecule has 0 spiro atoms. The number of hydrogen-bond acceptors (Lipinski definition) is 6. The summed E-state index contributed by atoms with van der Waals surface area (Å²) in [5.74, 6) is 4.11. The van der Waals surface area contributed by atoms with Crippen LogP contribution in [0.1, 0.15) is 81.6 Å². The molecule has 0 fully saturated rings. The van der Waals surface area contributed by atoms with Gasteiger partial charge in [-0.05, 0) is 74.5 Å². The number of carbonyl (C=O) groups is 3. The summed E-state index contributed by atoms with van der Waals surface area (Å²) in [6.07, 6.45) is 14.0. The Labute approximate surface area is 283 Å². The van der Waals surface area contributed by atoms with Gasteiger partial charge in [0.05, 0.1) is 13.2 Å². The highest BCUT2D eigenvalue weighted by atomic mass is 35.5. The lowest BCUT2D eigenvalue weighted by Crippen LogP contribution is -2.52. The van der Waals surface area contributed by atoms with Crippen LogP contribution in [0.3, 0.4) is 0 Å². The van der Waals surface area contributed by atoms with Gasteiger partial charge in [0.1, 0.15) is 12.1 Å². The molecule has 2 amide bonds. The molecule has 0 aliphatic carbocycles. The SMILES string of the molecule is COC1=CC[C@@H]([C@@H](C)C=C(C)C=CC#CC(=O)N[C@H](C(=O)NC=CC[C@H](CC=C(C)Cl)O[Si](C)(C)C(C)(C)C)C(C)(C)C)OC1=O. The number of ether oxygens (including phenoxy) is 2. The molecular weight excluding hydrogens is 620 g/mol. The third-order valence-electron chi connectivity index (χ3n) is 8.02. The van der Waals surface area contributed by atoms with E-state index in [0.29, 0.717) is 24.3 Å². The Bertz CT molecular complexity index is 1280. The Kier molecular flexibility index (Phi) is 16.3. The molecule has 1 aliphatic heterocycles. The van der Waals surface area contributed by atoms with Gasteiger partial charge < -0.3 is 24.5 Å². The van der Waals surface area contributed by atoms with Crippen molar-refractivity contribution in [3.8, 4) is 11.8 Å². The van der Waals surface area contributed by atoms with Crippen molar-refractivity contribution in [3.05, 3.63) is 59.0 Å². The minimum Gasteiger partial charge on any atom is -0.490 e. The number of allylic oxidation sites excluding steroid dienone is 4. The molecule has 2 N–H and O–H groups in total. The zero-order valence-corrected chi connectivity index (χ0v) is 31.6. The van der Waals surface area contributed by atoms with E-state index in [9.17, 15) is 14.4 Å². The maximum Gasteiger partial charge on any atom is 0.373 e. The molecule has 0 aromatic heterocycles. The summed E-state index contributed by atoms with van der Waals surface area (Å²) in [5, 5.41) is 6.34. The third-order valence-corrected chi connectivity index (χ3v) is 12.7. The van der Waals surface area contributed by atoms with Crippen molar-refractivity contribution in [2.24, 2.45) is 11.3 Å². The first-order valence-corrected chi connectivity index (χ1v) is 19.0. The smallest absolute Gasteiger partial charge is 0.373 e. The lowest BCUT2D eigenvalue weighted by atomic mass is 9.86. The summed E-state index contributed by atoms with van der Waals surface area (Å²) in [4.78, 5) is 37.7.